The molecule has 4 nitrogen and oxygen atoms in total. The second-order valence-corrected chi connectivity index (χ2v) is 6.87. The van der Waals surface area contributed by atoms with Gasteiger partial charge >= 0.3 is 5.97 Å². The number of esters is 1. The molecule has 0 aliphatic carbocycles. The van der Waals surface area contributed by atoms with Crippen LogP contribution in [0.5, 0.6) is 5.75 Å². The molecule has 1 atom stereocenters. The highest BCUT2D eigenvalue weighted by Crippen LogP contribution is 2.35. The SMILES string of the molecule is CCOC(=O)C(N)CCSCc1cc(Br)cc2c1OCC2. The normalized spacial score (nSPS) is 14.4. The minimum absolute atomic E-state index is 0.315. The number of thioether (sulfide) groups is 1. The molecular weight excluding hydrogens is 354 g/mol. The van der Waals surface area contributed by atoms with Crippen LogP contribution in [-0.4, -0.2) is 31.0 Å². The Morgan fingerprint density at radius 2 is 2.38 bits per heavy atom. The largest absolute Gasteiger partial charge is 0.493 e. The van der Waals surface area contributed by atoms with E-state index in [4.69, 9.17) is 15.2 Å². The summed E-state index contributed by atoms with van der Waals surface area (Å²) in [5.74, 6) is 2.39. The number of carbonyl (C=O) groups excluding carboxylic acids is 1. The molecule has 0 aromatic heterocycles. The molecule has 6 heteroatoms. The molecule has 116 valence electrons. The van der Waals surface area contributed by atoms with E-state index in [1.165, 1.54) is 11.1 Å². The molecule has 2 N–H and O–H groups in total. The van der Waals surface area contributed by atoms with Gasteiger partial charge in [0.05, 0.1) is 13.2 Å². The molecule has 0 saturated carbocycles. The van der Waals surface area contributed by atoms with Gasteiger partial charge in [0.2, 0.25) is 0 Å². The molecule has 0 radical (unpaired) electrons. The number of halogens is 1. The van der Waals surface area contributed by atoms with Crippen molar-refractivity contribution in [3.05, 3.63) is 27.7 Å². The van der Waals surface area contributed by atoms with Gasteiger partial charge in [-0.3, -0.25) is 4.79 Å². The van der Waals surface area contributed by atoms with E-state index < -0.39 is 6.04 Å². The number of carbonyl (C=O) groups is 1. The van der Waals surface area contributed by atoms with Crippen molar-refractivity contribution in [2.75, 3.05) is 19.0 Å². The molecule has 0 spiro atoms. The van der Waals surface area contributed by atoms with Crippen molar-refractivity contribution in [1.82, 2.24) is 0 Å². The van der Waals surface area contributed by atoms with Crippen molar-refractivity contribution in [2.24, 2.45) is 5.73 Å². The third kappa shape index (κ3) is 4.63. The summed E-state index contributed by atoms with van der Waals surface area (Å²) in [6.07, 6.45) is 1.60. The molecule has 21 heavy (non-hydrogen) atoms. The Morgan fingerprint density at radius 3 is 3.14 bits per heavy atom. The zero-order valence-electron chi connectivity index (χ0n) is 12.1. The van der Waals surface area contributed by atoms with Crippen LogP contribution in [0.25, 0.3) is 0 Å². The van der Waals surface area contributed by atoms with Gasteiger partial charge in [0.15, 0.2) is 0 Å². The maximum atomic E-state index is 11.4. The van der Waals surface area contributed by atoms with Crippen molar-refractivity contribution < 1.29 is 14.3 Å². The second kappa shape index (κ2) is 8.06. The van der Waals surface area contributed by atoms with Gasteiger partial charge in [0.25, 0.3) is 0 Å². The van der Waals surface area contributed by atoms with Gasteiger partial charge < -0.3 is 15.2 Å². The number of hydrogen-bond donors (Lipinski definition) is 1. The van der Waals surface area contributed by atoms with E-state index >= 15 is 0 Å². The van der Waals surface area contributed by atoms with Gasteiger partial charge in [-0.2, -0.15) is 11.8 Å². The fourth-order valence-electron chi connectivity index (χ4n) is 2.21. The molecule has 0 amide bonds. The Labute approximate surface area is 137 Å². The molecule has 1 aromatic carbocycles. The Balaban J connectivity index is 1.81. The first-order valence-corrected chi connectivity index (χ1v) is 9.00. The van der Waals surface area contributed by atoms with Gasteiger partial charge in [-0.25, -0.2) is 0 Å². The van der Waals surface area contributed by atoms with Crippen molar-refractivity contribution in [2.45, 2.75) is 31.6 Å². The first kappa shape index (κ1) is 16.6. The topological polar surface area (TPSA) is 61.5 Å². The third-order valence-corrected chi connectivity index (χ3v) is 4.74. The minimum atomic E-state index is -0.526. The predicted molar refractivity (Wildman–Crippen MR) is 88.7 cm³/mol. The lowest BCUT2D eigenvalue weighted by molar-refractivity contribution is -0.144. The van der Waals surface area contributed by atoms with E-state index in [0.717, 1.165) is 34.8 Å². The molecule has 0 fully saturated rings. The van der Waals surface area contributed by atoms with Gasteiger partial charge in [-0.1, -0.05) is 15.9 Å². The van der Waals surface area contributed by atoms with Gasteiger partial charge in [-0.15, -0.1) is 0 Å². The quantitative estimate of drug-likeness (QED) is 0.588. The zero-order chi connectivity index (χ0) is 15.2. The van der Waals surface area contributed by atoms with Gasteiger partial charge in [-0.05, 0) is 36.8 Å². The van der Waals surface area contributed by atoms with Crippen LogP contribution in [0, 0.1) is 0 Å². The minimum Gasteiger partial charge on any atom is -0.493 e. The second-order valence-electron chi connectivity index (χ2n) is 4.85. The fourth-order valence-corrected chi connectivity index (χ4v) is 3.76. The molecule has 2 rings (SSSR count). The summed E-state index contributed by atoms with van der Waals surface area (Å²) in [6.45, 7) is 2.92. The van der Waals surface area contributed by atoms with Crippen molar-refractivity contribution in [3.63, 3.8) is 0 Å². The van der Waals surface area contributed by atoms with E-state index in [9.17, 15) is 4.79 Å². The van der Waals surface area contributed by atoms with E-state index in [1.807, 2.05) is 0 Å². The number of fused-ring (bicyclic) bond motifs is 1. The molecule has 0 saturated heterocycles. The highest BCUT2D eigenvalue weighted by molar-refractivity contribution is 9.10. The fraction of sp³-hybridized carbons (Fsp3) is 0.533. The lowest BCUT2D eigenvalue weighted by Gasteiger charge is -2.11. The third-order valence-electron chi connectivity index (χ3n) is 3.25. The zero-order valence-corrected chi connectivity index (χ0v) is 14.5. The van der Waals surface area contributed by atoms with Gasteiger partial charge in [0, 0.05) is 22.2 Å². The Hall–Kier alpha value is -0.720. The van der Waals surface area contributed by atoms with Crippen molar-refractivity contribution in [3.8, 4) is 5.75 Å². The van der Waals surface area contributed by atoms with E-state index in [2.05, 4.69) is 28.1 Å². The molecule has 1 unspecified atom stereocenters. The average molecular weight is 374 g/mol. The van der Waals surface area contributed by atoms with Crippen LogP contribution >= 0.6 is 27.7 Å². The van der Waals surface area contributed by atoms with Crippen LogP contribution in [0.4, 0.5) is 0 Å². The van der Waals surface area contributed by atoms with Crippen molar-refractivity contribution >= 4 is 33.7 Å². The predicted octanol–water partition coefficient (Wildman–Crippen LogP) is 2.90. The molecule has 1 aliphatic heterocycles. The summed E-state index contributed by atoms with van der Waals surface area (Å²) in [5, 5.41) is 0. The number of rotatable bonds is 7. The highest BCUT2D eigenvalue weighted by atomic mass is 79.9. The van der Waals surface area contributed by atoms with Crippen LogP contribution in [0.3, 0.4) is 0 Å². The van der Waals surface area contributed by atoms with Crippen LogP contribution in [0.15, 0.2) is 16.6 Å². The Bertz CT molecular complexity index is 510. The molecule has 0 bridgehead atoms. The summed E-state index contributed by atoms with van der Waals surface area (Å²) in [7, 11) is 0. The van der Waals surface area contributed by atoms with E-state index in [1.54, 1.807) is 18.7 Å². The number of hydrogen-bond acceptors (Lipinski definition) is 5. The van der Waals surface area contributed by atoms with Crippen molar-refractivity contribution in [1.29, 1.82) is 0 Å². The standard InChI is InChI=1S/C15H20BrNO3S/c1-2-19-15(18)13(17)4-6-21-9-11-8-12(16)7-10-3-5-20-14(10)11/h7-8,13H,2-6,9,17H2,1H3. The summed E-state index contributed by atoms with van der Waals surface area (Å²) < 4.78 is 11.7. The smallest absolute Gasteiger partial charge is 0.322 e. The van der Waals surface area contributed by atoms with Crippen LogP contribution in [0.2, 0.25) is 0 Å². The number of nitrogens with two attached hydrogens (primary N) is 1. The number of benzene rings is 1. The van der Waals surface area contributed by atoms with Crippen LogP contribution in [-0.2, 0) is 21.7 Å². The van der Waals surface area contributed by atoms with Crippen LogP contribution in [0.1, 0.15) is 24.5 Å². The first-order valence-electron chi connectivity index (χ1n) is 7.06. The first-order chi connectivity index (χ1) is 10.1. The molecule has 1 heterocycles. The summed E-state index contributed by atoms with van der Waals surface area (Å²) >= 11 is 5.29. The summed E-state index contributed by atoms with van der Waals surface area (Å²) in [5.41, 5.74) is 8.24. The van der Waals surface area contributed by atoms with Gasteiger partial charge in [0.1, 0.15) is 11.8 Å². The average Bonchev–Trinajstić information content (AvgIpc) is 2.91. The molecular formula is C15H20BrNO3S. The maximum absolute atomic E-state index is 11.4. The highest BCUT2D eigenvalue weighted by Gasteiger charge is 2.18. The maximum Gasteiger partial charge on any atom is 0.322 e. The number of ether oxygens (including phenoxy) is 2. The lowest BCUT2D eigenvalue weighted by Crippen LogP contribution is -2.32. The Kier molecular flexibility index (Phi) is 6.39. The van der Waals surface area contributed by atoms with E-state index in [0.29, 0.717) is 13.0 Å². The Morgan fingerprint density at radius 1 is 1.57 bits per heavy atom. The summed E-state index contributed by atoms with van der Waals surface area (Å²) in [4.78, 5) is 11.4. The van der Waals surface area contributed by atoms with E-state index in [-0.39, 0.29) is 5.97 Å². The monoisotopic (exact) mass is 373 g/mol. The van der Waals surface area contributed by atoms with Crippen LogP contribution < -0.4 is 10.5 Å². The molecule has 1 aromatic rings. The molecule has 1 aliphatic rings. The lowest BCUT2D eigenvalue weighted by atomic mass is 10.1. The summed E-state index contributed by atoms with van der Waals surface area (Å²) in [6, 6.07) is 3.69.